The molecular weight excluding hydrogens is 166 g/mol. The van der Waals surface area contributed by atoms with Crippen molar-refractivity contribution in [1.29, 1.82) is 0 Å². The summed E-state index contributed by atoms with van der Waals surface area (Å²) in [6.45, 7) is 4.72. The normalized spacial score (nSPS) is 16.4. The number of amides is 2. The molecule has 2 amide bonds. The molecule has 3 nitrogen and oxygen atoms in total. The van der Waals surface area contributed by atoms with Crippen molar-refractivity contribution in [3.05, 3.63) is 12.2 Å². The maximum Gasteiger partial charge on any atom is 0.253 e. The Balaban J connectivity index is 2.53. The van der Waals surface area contributed by atoms with Gasteiger partial charge in [-0.05, 0) is 5.92 Å². The lowest BCUT2D eigenvalue weighted by atomic mass is 10.0. The lowest BCUT2D eigenvalue weighted by molar-refractivity contribution is -0.137. The number of rotatable bonds is 4. The third-order valence-electron chi connectivity index (χ3n) is 2.50. The van der Waals surface area contributed by atoms with Crippen LogP contribution in [0.15, 0.2) is 12.2 Å². The Morgan fingerprint density at radius 2 is 1.62 bits per heavy atom. The van der Waals surface area contributed by atoms with Crippen molar-refractivity contribution in [2.75, 3.05) is 6.54 Å². The standard InChI is InChI=1S/C10H15NO2/c1-3-8(4-2)7-11-9(12)5-6-10(11)13/h5-6,8H,3-4,7H2,1-2H3. The van der Waals surface area contributed by atoms with Crippen molar-refractivity contribution in [3.63, 3.8) is 0 Å². The van der Waals surface area contributed by atoms with Gasteiger partial charge < -0.3 is 0 Å². The van der Waals surface area contributed by atoms with E-state index in [-0.39, 0.29) is 11.8 Å². The summed E-state index contributed by atoms with van der Waals surface area (Å²) in [5, 5.41) is 0. The van der Waals surface area contributed by atoms with Gasteiger partial charge in [-0.25, -0.2) is 0 Å². The van der Waals surface area contributed by atoms with Crippen LogP contribution in [0.5, 0.6) is 0 Å². The largest absolute Gasteiger partial charge is 0.275 e. The van der Waals surface area contributed by atoms with Crippen molar-refractivity contribution in [2.24, 2.45) is 5.92 Å². The van der Waals surface area contributed by atoms with Gasteiger partial charge in [0.1, 0.15) is 0 Å². The van der Waals surface area contributed by atoms with Gasteiger partial charge in [0.2, 0.25) is 0 Å². The van der Waals surface area contributed by atoms with Gasteiger partial charge in [0.05, 0.1) is 0 Å². The Morgan fingerprint density at radius 1 is 1.15 bits per heavy atom. The second kappa shape index (κ2) is 4.21. The second-order valence-corrected chi connectivity index (χ2v) is 3.30. The van der Waals surface area contributed by atoms with Crippen LogP contribution in [0, 0.1) is 5.92 Å². The fraction of sp³-hybridized carbons (Fsp3) is 0.600. The molecule has 0 spiro atoms. The van der Waals surface area contributed by atoms with E-state index in [1.807, 2.05) is 0 Å². The summed E-state index contributed by atoms with van der Waals surface area (Å²) in [7, 11) is 0. The minimum absolute atomic E-state index is 0.170. The highest BCUT2D eigenvalue weighted by Gasteiger charge is 2.24. The molecule has 0 aromatic rings. The van der Waals surface area contributed by atoms with E-state index < -0.39 is 0 Å². The lowest BCUT2D eigenvalue weighted by Crippen LogP contribution is -2.34. The number of hydrogen-bond acceptors (Lipinski definition) is 2. The molecule has 0 saturated heterocycles. The van der Waals surface area contributed by atoms with Crippen LogP contribution in [-0.4, -0.2) is 23.3 Å². The van der Waals surface area contributed by atoms with E-state index in [2.05, 4.69) is 13.8 Å². The first-order chi connectivity index (χ1) is 6.19. The molecule has 3 heteroatoms. The van der Waals surface area contributed by atoms with Crippen molar-refractivity contribution >= 4 is 11.8 Å². The number of carbonyl (C=O) groups is 2. The first kappa shape index (κ1) is 9.96. The summed E-state index contributed by atoms with van der Waals surface area (Å²) in [6, 6.07) is 0. The fourth-order valence-electron chi connectivity index (χ4n) is 1.42. The average molecular weight is 181 g/mol. The van der Waals surface area contributed by atoms with Crippen LogP contribution in [0.25, 0.3) is 0 Å². The van der Waals surface area contributed by atoms with E-state index in [1.54, 1.807) is 0 Å². The predicted molar refractivity (Wildman–Crippen MR) is 49.9 cm³/mol. The Bertz CT molecular complexity index is 223. The third-order valence-corrected chi connectivity index (χ3v) is 2.50. The molecule has 0 fully saturated rings. The number of hydrogen-bond donors (Lipinski definition) is 0. The van der Waals surface area contributed by atoms with Crippen molar-refractivity contribution in [1.82, 2.24) is 4.90 Å². The summed E-state index contributed by atoms with van der Waals surface area (Å²) in [6.07, 6.45) is 4.69. The zero-order valence-corrected chi connectivity index (χ0v) is 8.12. The highest BCUT2D eigenvalue weighted by Crippen LogP contribution is 2.13. The van der Waals surface area contributed by atoms with Crippen molar-refractivity contribution in [2.45, 2.75) is 26.7 Å². The van der Waals surface area contributed by atoms with Gasteiger partial charge in [0, 0.05) is 18.7 Å². The molecule has 0 saturated carbocycles. The van der Waals surface area contributed by atoms with Gasteiger partial charge in [0.25, 0.3) is 11.8 Å². The molecule has 1 aliphatic rings. The number of carbonyl (C=O) groups excluding carboxylic acids is 2. The third kappa shape index (κ3) is 2.17. The van der Waals surface area contributed by atoms with Crippen molar-refractivity contribution in [3.8, 4) is 0 Å². The SMILES string of the molecule is CCC(CC)CN1C(=O)C=CC1=O. The predicted octanol–water partition coefficient (Wildman–Crippen LogP) is 1.35. The van der Waals surface area contributed by atoms with Crippen LogP contribution in [-0.2, 0) is 9.59 Å². The van der Waals surface area contributed by atoms with Gasteiger partial charge in [-0.2, -0.15) is 0 Å². The van der Waals surface area contributed by atoms with Gasteiger partial charge >= 0.3 is 0 Å². The van der Waals surface area contributed by atoms with E-state index >= 15 is 0 Å². The summed E-state index contributed by atoms with van der Waals surface area (Å²) in [5.74, 6) is 0.0987. The summed E-state index contributed by atoms with van der Waals surface area (Å²) in [5.41, 5.74) is 0. The van der Waals surface area contributed by atoms with Crippen molar-refractivity contribution < 1.29 is 9.59 Å². The average Bonchev–Trinajstić information content (AvgIpc) is 2.44. The van der Waals surface area contributed by atoms with E-state index in [4.69, 9.17) is 0 Å². The molecule has 0 N–H and O–H groups in total. The molecule has 0 bridgehead atoms. The topological polar surface area (TPSA) is 37.4 Å². The Kier molecular flexibility index (Phi) is 3.23. The van der Waals surface area contributed by atoms with Crippen LogP contribution in [0.1, 0.15) is 26.7 Å². The Hall–Kier alpha value is -1.12. The molecule has 0 atom stereocenters. The van der Waals surface area contributed by atoms with E-state index in [0.717, 1.165) is 12.8 Å². The minimum Gasteiger partial charge on any atom is -0.275 e. The smallest absolute Gasteiger partial charge is 0.253 e. The van der Waals surface area contributed by atoms with E-state index in [1.165, 1.54) is 17.1 Å². The molecule has 0 radical (unpaired) electrons. The lowest BCUT2D eigenvalue weighted by Gasteiger charge is -2.19. The summed E-state index contributed by atoms with van der Waals surface area (Å²) in [4.78, 5) is 23.7. The van der Waals surface area contributed by atoms with Gasteiger partial charge in [-0.3, -0.25) is 14.5 Å². The van der Waals surface area contributed by atoms with Gasteiger partial charge in [-0.1, -0.05) is 26.7 Å². The molecule has 0 unspecified atom stereocenters. The van der Waals surface area contributed by atoms with Crippen LogP contribution >= 0.6 is 0 Å². The molecule has 1 rings (SSSR count). The zero-order chi connectivity index (χ0) is 9.84. The molecule has 0 aromatic carbocycles. The quantitative estimate of drug-likeness (QED) is 0.614. The maximum absolute atomic E-state index is 11.2. The molecule has 0 aliphatic carbocycles. The molecule has 0 aromatic heterocycles. The van der Waals surface area contributed by atoms with Crippen LogP contribution in [0.2, 0.25) is 0 Å². The Morgan fingerprint density at radius 3 is 2.00 bits per heavy atom. The van der Waals surface area contributed by atoms with E-state index in [9.17, 15) is 9.59 Å². The van der Waals surface area contributed by atoms with Gasteiger partial charge in [0.15, 0.2) is 0 Å². The monoisotopic (exact) mass is 181 g/mol. The van der Waals surface area contributed by atoms with Crippen LogP contribution in [0.4, 0.5) is 0 Å². The highest BCUT2D eigenvalue weighted by molar-refractivity contribution is 6.12. The molecule has 13 heavy (non-hydrogen) atoms. The first-order valence-corrected chi connectivity index (χ1v) is 4.72. The van der Waals surface area contributed by atoms with E-state index in [0.29, 0.717) is 12.5 Å². The summed E-state index contributed by atoms with van der Waals surface area (Å²) >= 11 is 0. The fourth-order valence-corrected chi connectivity index (χ4v) is 1.42. The highest BCUT2D eigenvalue weighted by atomic mass is 16.2. The molecule has 1 heterocycles. The first-order valence-electron chi connectivity index (χ1n) is 4.72. The van der Waals surface area contributed by atoms with Crippen LogP contribution in [0.3, 0.4) is 0 Å². The second-order valence-electron chi connectivity index (χ2n) is 3.30. The number of imide groups is 1. The molecular formula is C10H15NO2. The Labute approximate surface area is 78.4 Å². The summed E-state index contributed by atoms with van der Waals surface area (Å²) < 4.78 is 0. The maximum atomic E-state index is 11.2. The number of nitrogens with zero attached hydrogens (tertiary/aromatic N) is 1. The minimum atomic E-state index is -0.170. The zero-order valence-electron chi connectivity index (χ0n) is 8.12. The molecule has 1 aliphatic heterocycles. The van der Waals surface area contributed by atoms with Gasteiger partial charge in [-0.15, -0.1) is 0 Å². The van der Waals surface area contributed by atoms with Crippen LogP contribution < -0.4 is 0 Å². The molecule has 72 valence electrons.